The minimum Gasteiger partial charge on any atom is -0.508 e. The van der Waals surface area contributed by atoms with Crippen LogP contribution >= 0.6 is 11.3 Å². The van der Waals surface area contributed by atoms with Gasteiger partial charge in [-0.05, 0) is 73.6 Å². The first-order valence-electron chi connectivity index (χ1n) is 7.78. The number of rotatable bonds is 3. The molecule has 0 radical (unpaired) electrons. The molecule has 2 N–H and O–H groups in total. The van der Waals surface area contributed by atoms with E-state index in [-0.39, 0.29) is 11.7 Å². The Kier molecular flexibility index (Phi) is 4.48. The van der Waals surface area contributed by atoms with Crippen LogP contribution in [0.25, 0.3) is 0 Å². The smallest absolute Gasteiger partial charge is 0.281 e. The summed E-state index contributed by atoms with van der Waals surface area (Å²) in [5.74, 6) is 0.752. The fraction of sp³-hybridized carbons (Fsp3) is 0.333. The largest absolute Gasteiger partial charge is 0.508 e. The molecule has 23 heavy (non-hydrogen) atoms. The number of nitrogens with zero attached hydrogens (tertiary/aromatic N) is 1. The molecule has 3 rings (SSSR count). The standard InChI is InChI=1S/C18H20N2O2S/c1-11-3-8-16-14(9-11)10-17(23-16)18(22)20-19-12(2)13-4-6-15(21)7-5-13/h4-7,10-11,21H,3,8-9H2,1-2H3,(H,20,22)/b19-12+/t11-/m0/s1. The summed E-state index contributed by atoms with van der Waals surface area (Å²) in [5, 5.41) is 13.5. The second-order valence-electron chi connectivity index (χ2n) is 6.09. The van der Waals surface area contributed by atoms with E-state index in [0.29, 0.717) is 11.6 Å². The SMILES string of the molecule is C/C(=N\NC(=O)c1cc2c(s1)CC[C@H](C)C2)c1ccc(O)cc1. The Morgan fingerprint density at radius 2 is 2.09 bits per heavy atom. The Hall–Kier alpha value is -2.14. The second-order valence-corrected chi connectivity index (χ2v) is 7.23. The van der Waals surface area contributed by atoms with Crippen LogP contribution in [0.15, 0.2) is 35.4 Å². The van der Waals surface area contributed by atoms with E-state index in [4.69, 9.17) is 0 Å². The van der Waals surface area contributed by atoms with Crippen LogP contribution in [0.3, 0.4) is 0 Å². The highest BCUT2D eigenvalue weighted by molar-refractivity contribution is 7.14. The minimum atomic E-state index is -0.157. The summed E-state index contributed by atoms with van der Waals surface area (Å²) in [5.41, 5.74) is 5.51. The van der Waals surface area contributed by atoms with Gasteiger partial charge in [-0.15, -0.1) is 11.3 Å². The lowest BCUT2D eigenvalue weighted by atomic mass is 9.90. The third-order valence-corrected chi connectivity index (χ3v) is 5.40. The molecule has 4 nitrogen and oxygen atoms in total. The highest BCUT2D eigenvalue weighted by Gasteiger charge is 2.20. The number of amides is 1. The Morgan fingerprint density at radius 3 is 2.83 bits per heavy atom. The fourth-order valence-electron chi connectivity index (χ4n) is 2.77. The van der Waals surface area contributed by atoms with Crippen molar-refractivity contribution in [2.24, 2.45) is 11.0 Å². The van der Waals surface area contributed by atoms with Crippen LogP contribution in [0.5, 0.6) is 5.75 Å². The zero-order valence-electron chi connectivity index (χ0n) is 13.3. The summed E-state index contributed by atoms with van der Waals surface area (Å²) in [6, 6.07) is 8.75. The number of hydrogen-bond acceptors (Lipinski definition) is 4. The molecule has 0 spiro atoms. The number of fused-ring (bicyclic) bond motifs is 1. The van der Waals surface area contributed by atoms with Gasteiger partial charge in [-0.2, -0.15) is 5.10 Å². The Balaban J connectivity index is 1.69. The monoisotopic (exact) mass is 328 g/mol. The van der Waals surface area contributed by atoms with Gasteiger partial charge in [-0.1, -0.05) is 6.92 Å². The van der Waals surface area contributed by atoms with Crippen LogP contribution in [-0.2, 0) is 12.8 Å². The zero-order valence-corrected chi connectivity index (χ0v) is 14.1. The molecule has 5 heteroatoms. The van der Waals surface area contributed by atoms with E-state index in [2.05, 4.69) is 17.5 Å². The number of carbonyl (C=O) groups is 1. The molecule has 1 aliphatic carbocycles. The number of phenols is 1. The van der Waals surface area contributed by atoms with Crippen molar-refractivity contribution in [3.05, 3.63) is 51.2 Å². The van der Waals surface area contributed by atoms with Crippen molar-refractivity contribution in [3.8, 4) is 5.75 Å². The predicted molar refractivity (Wildman–Crippen MR) is 93.3 cm³/mol. The maximum Gasteiger partial charge on any atom is 0.281 e. The lowest BCUT2D eigenvalue weighted by Crippen LogP contribution is -2.18. The molecule has 1 atom stereocenters. The molecule has 1 amide bonds. The molecule has 1 aromatic carbocycles. The maximum absolute atomic E-state index is 12.3. The van der Waals surface area contributed by atoms with Crippen molar-refractivity contribution in [3.63, 3.8) is 0 Å². The van der Waals surface area contributed by atoms with E-state index in [1.807, 2.05) is 13.0 Å². The Morgan fingerprint density at radius 1 is 1.35 bits per heavy atom. The molecule has 0 aliphatic heterocycles. The van der Waals surface area contributed by atoms with Gasteiger partial charge in [0.2, 0.25) is 0 Å². The van der Waals surface area contributed by atoms with Crippen LogP contribution < -0.4 is 5.43 Å². The number of carbonyl (C=O) groups excluding carboxylic acids is 1. The molecular weight excluding hydrogens is 308 g/mol. The van der Waals surface area contributed by atoms with Gasteiger partial charge in [0.1, 0.15) is 5.75 Å². The van der Waals surface area contributed by atoms with Crippen LogP contribution in [-0.4, -0.2) is 16.7 Å². The summed E-state index contributed by atoms with van der Waals surface area (Å²) in [4.78, 5) is 14.4. The summed E-state index contributed by atoms with van der Waals surface area (Å²) >= 11 is 1.58. The Labute approximate surface area is 139 Å². The predicted octanol–water partition coefficient (Wildman–Crippen LogP) is 3.73. The molecule has 2 aromatic rings. The first-order valence-corrected chi connectivity index (χ1v) is 8.60. The van der Waals surface area contributed by atoms with E-state index >= 15 is 0 Å². The maximum atomic E-state index is 12.3. The lowest BCUT2D eigenvalue weighted by Gasteiger charge is -2.16. The lowest BCUT2D eigenvalue weighted by molar-refractivity contribution is 0.0959. The molecule has 1 aromatic heterocycles. The number of phenolic OH excluding ortho intramolecular Hbond substituents is 1. The van der Waals surface area contributed by atoms with Gasteiger partial charge in [0.15, 0.2) is 0 Å². The molecule has 0 bridgehead atoms. The number of thiophene rings is 1. The number of hydrogen-bond donors (Lipinski definition) is 2. The number of benzene rings is 1. The highest BCUT2D eigenvalue weighted by Crippen LogP contribution is 2.32. The summed E-state index contributed by atoms with van der Waals surface area (Å²) < 4.78 is 0. The van der Waals surface area contributed by atoms with Crippen molar-refractivity contribution in [1.82, 2.24) is 5.43 Å². The number of aryl methyl sites for hydroxylation is 1. The average Bonchev–Trinajstić information content (AvgIpc) is 2.96. The van der Waals surface area contributed by atoms with Crippen molar-refractivity contribution < 1.29 is 9.90 Å². The van der Waals surface area contributed by atoms with Crippen molar-refractivity contribution in [2.75, 3.05) is 0 Å². The zero-order chi connectivity index (χ0) is 16.4. The van der Waals surface area contributed by atoms with Gasteiger partial charge in [-0.3, -0.25) is 4.79 Å². The topological polar surface area (TPSA) is 61.7 Å². The molecule has 0 saturated carbocycles. The van der Waals surface area contributed by atoms with Crippen LogP contribution in [0, 0.1) is 5.92 Å². The van der Waals surface area contributed by atoms with Gasteiger partial charge in [0.25, 0.3) is 5.91 Å². The van der Waals surface area contributed by atoms with Gasteiger partial charge in [0, 0.05) is 4.88 Å². The van der Waals surface area contributed by atoms with E-state index in [1.165, 1.54) is 16.9 Å². The van der Waals surface area contributed by atoms with Gasteiger partial charge >= 0.3 is 0 Å². The van der Waals surface area contributed by atoms with Crippen molar-refractivity contribution in [2.45, 2.75) is 33.1 Å². The van der Waals surface area contributed by atoms with Crippen molar-refractivity contribution >= 4 is 23.0 Å². The van der Waals surface area contributed by atoms with E-state index in [9.17, 15) is 9.90 Å². The normalized spacial score (nSPS) is 17.7. The van der Waals surface area contributed by atoms with Gasteiger partial charge < -0.3 is 5.11 Å². The van der Waals surface area contributed by atoms with E-state index < -0.39 is 0 Å². The molecule has 0 unspecified atom stereocenters. The number of nitrogens with one attached hydrogen (secondary N) is 1. The molecular formula is C18H20N2O2S. The number of aromatic hydroxyl groups is 1. The molecule has 1 aliphatic rings. The fourth-order valence-corrected chi connectivity index (χ4v) is 3.87. The molecule has 1 heterocycles. The quantitative estimate of drug-likeness (QED) is 0.666. The molecule has 0 saturated heterocycles. The minimum absolute atomic E-state index is 0.157. The summed E-state index contributed by atoms with van der Waals surface area (Å²) in [7, 11) is 0. The summed E-state index contributed by atoms with van der Waals surface area (Å²) in [6.07, 6.45) is 3.34. The van der Waals surface area contributed by atoms with Crippen LogP contribution in [0.4, 0.5) is 0 Å². The van der Waals surface area contributed by atoms with Gasteiger partial charge in [-0.25, -0.2) is 5.43 Å². The van der Waals surface area contributed by atoms with E-state index in [1.54, 1.807) is 35.6 Å². The summed E-state index contributed by atoms with van der Waals surface area (Å²) in [6.45, 7) is 4.08. The number of hydrazone groups is 1. The first-order chi connectivity index (χ1) is 11.0. The van der Waals surface area contributed by atoms with Crippen molar-refractivity contribution in [1.29, 1.82) is 0 Å². The van der Waals surface area contributed by atoms with Crippen LogP contribution in [0.2, 0.25) is 0 Å². The Bertz CT molecular complexity index is 747. The first kappa shape index (κ1) is 15.7. The van der Waals surface area contributed by atoms with E-state index in [0.717, 1.165) is 23.3 Å². The molecule has 120 valence electrons. The third-order valence-electron chi connectivity index (χ3n) is 4.16. The average molecular weight is 328 g/mol. The second kappa shape index (κ2) is 6.54. The molecule has 0 fully saturated rings. The third kappa shape index (κ3) is 3.62. The van der Waals surface area contributed by atoms with Crippen LogP contribution in [0.1, 0.15) is 45.9 Å². The highest BCUT2D eigenvalue weighted by atomic mass is 32.1. The van der Waals surface area contributed by atoms with Gasteiger partial charge in [0.05, 0.1) is 10.6 Å².